The maximum atomic E-state index is 11.3. The molecule has 146 valence electrons. The maximum Gasteiger partial charge on any atom is 0.327 e. The number of phenols is 1. The highest BCUT2D eigenvalue weighted by Gasteiger charge is 2.19. The van der Waals surface area contributed by atoms with Gasteiger partial charge in [0, 0.05) is 36.0 Å². The van der Waals surface area contributed by atoms with Crippen molar-refractivity contribution in [2.75, 3.05) is 6.54 Å². The van der Waals surface area contributed by atoms with Crippen LogP contribution in [0.3, 0.4) is 0 Å². The molecule has 27 heavy (non-hydrogen) atoms. The van der Waals surface area contributed by atoms with Crippen LogP contribution in [0.5, 0.6) is 11.5 Å². The number of aromatic nitrogens is 1. The third-order valence-corrected chi connectivity index (χ3v) is 4.25. The van der Waals surface area contributed by atoms with E-state index < -0.39 is 14.6 Å². The van der Waals surface area contributed by atoms with E-state index in [0.29, 0.717) is 22.4 Å². The Morgan fingerprint density at radius 2 is 1.89 bits per heavy atom. The quantitative estimate of drug-likeness (QED) is 0.399. The van der Waals surface area contributed by atoms with Gasteiger partial charge in [-0.3, -0.25) is 14.7 Å². The number of aryl methyl sites for hydroxylation is 1. The van der Waals surface area contributed by atoms with Crippen molar-refractivity contribution in [2.24, 2.45) is 0 Å². The second kappa shape index (κ2) is 9.59. The Balaban J connectivity index is 2.31. The van der Waals surface area contributed by atoms with Crippen LogP contribution in [-0.4, -0.2) is 47.5 Å². The summed E-state index contributed by atoms with van der Waals surface area (Å²) in [5.74, 6) is -1.15. The number of para-hydroxylation sites is 1. The molecule has 5 N–H and O–H groups in total. The molecule has 0 aliphatic heterocycles. The molecule has 0 bridgehead atoms. The molecule has 0 aliphatic carbocycles. The molecule has 10 heteroatoms. The fourth-order valence-corrected chi connectivity index (χ4v) is 2.83. The van der Waals surface area contributed by atoms with Crippen molar-refractivity contribution in [1.29, 1.82) is 0 Å². The van der Waals surface area contributed by atoms with Crippen molar-refractivity contribution in [3.05, 3.63) is 52.8 Å². The number of hydrogen-bond donors (Lipinski definition) is 5. The van der Waals surface area contributed by atoms with Gasteiger partial charge in [-0.1, -0.05) is 18.2 Å². The number of aliphatic carboxylic acids is 1. The van der Waals surface area contributed by atoms with E-state index in [4.69, 9.17) is 14.3 Å². The molecule has 2 rings (SSSR count). The van der Waals surface area contributed by atoms with Crippen molar-refractivity contribution in [1.82, 2.24) is 9.88 Å². The molecule has 9 nitrogen and oxygen atoms in total. The molecule has 0 unspecified atom stereocenters. The van der Waals surface area contributed by atoms with Crippen LogP contribution in [-0.2, 0) is 29.0 Å². The number of carboxylic acids is 1. The Morgan fingerprint density at radius 3 is 2.52 bits per heavy atom. The van der Waals surface area contributed by atoms with Crippen LogP contribution in [0.2, 0.25) is 0 Å². The predicted molar refractivity (Wildman–Crippen MR) is 96.6 cm³/mol. The molecule has 0 saturated carbocycles. The lowest BCUT2D eigenvalue weighted by atomic mass is 10.1. The zero-order chi connectivity index (χ0) is 20.0. The molecule has 0 saturated heterocycles. The molecule has 0 amide bonds. The summed E-state index contributed by atoms with van der Waals surface area (Å²) in [5, 5.41) is 29.5. The van der Waals surface area contributed by atoms with Crippen molar-refractivity contribution in [3.8, 4) is 11.5 Å². The van der Waals surface area contributed by atoms with Gasteiger partial charge in [-0.15, -0.1) is 0 Å². The third kappa shape index (κ3) is 6.13. The van der Waals surface area contributed by atoms with E-state index in [1.165, 1.54) is 17.2 Å². The van der Waals surface area contributed by atoms with Crippen LogP contribution in [0.15, 0.2) is 30.5 Å². The highest BCUT2D eigenvalue weighted by atomic mass is 31.2. The number of phenolic OH excluding ortho intramolecular Hbond substituents is 1. The summed E-state index contributed by atoms with van der Waals surface area (Å²) >= 11 is 0. The topological polar surface area (TPSA) is 144 Å². The van der Waals surface area contributed by atoms with E-state index in [2.05, 4.69) is 4.98 Å². The van der Waals surface area contributed by atoms with Crippen LogP contribution in [0.4, 0.5) is 0 Å². The SMILES string of the molecule is Cc1ncc(COP(O)O)c(CN(CC(=O)O)Cc2ccccc2O)c1O. The van der Waals surface area contributed by atoms with Crippen molar-refractivity contribution >= 4 is 14.6 Å². The Kier molecular flexibility index (Phi) is 7.46. The number of aromatic hydroxyl groups is 2. The second-order valence-electron chi connectivity index (χ2n) is 5.89. The number of rotatable bonds is 9. The van der Waals surface area contributed by atoms with Crippen LogP contribution >= 0.6 is 8.60 Å². The molecule has 0 atom stereocenters. The Hall–Kier alpha value is -2.29. The summed E-state index contributed by atoms with van der Waals surface area (Å²) in [6.45, 7) is 1.23. The van der Waals surface area contributed by atoms with E-state index in [9.17, 15) is 20.1 Å². The smallest absolute Gasteiger partial charge is 0.327 e. The monoisotopic (exact) mass is 396 g/mol. The fraction of sp³-hybridized carbons (Fsp3) is 0.294. The fourth-order valence-electron chi connectivity index (χ4n) is 2.58. The molecule has 1 aromatic heterocycles. The zero-order valence-corrected chi connectivity index (χ0v) is 15.5. The molecule has 2 aromatic rings. The van der Waals surface area contributed by atoms with Gasteiger partial charge < -0.3 is 29.6 Å². The van der Waals surface area contributed by atoms with Gasteiger partial charge in [0.15, 0.2) is 0 Å². The largest absolute Gasteiger partial charge is 0.508 e. The molecular weight excluding hydrogens is 375 g/mol. The van der Waals surface area contributed by atoms with Crippen LogP contribution in [0.25, 0.3) is 0 Å². The van der Waals surface area contributed by atoms with Gasteiger partial charge in [-0.2, -0.15) is 0 Å². The van der Waals surface area contributed by atoms with Gasteiger partial charge in [-0.25, -0.2) is 0 Å². The number of pyridine rings is 1. The van der Waals surface area contributed by atoms with Gasteiger partial charge in [0.25, 0.3) is 0 Å². The van der Waals surface area contributed by atoms with Crippen molar-refractivity contribution in [3.63, 3.8) is 0 Å². The minimum Gasteiger partial charge on any atom is -0.508 e. The number of carboxylic acid groups (broad SMARTS) is 1. The summed E-state index contributed by atoms with van der Waals surface area (Å²) in [4.78, 5) is 34.7. The molecule has 0 fully saturated rings. The third-order valence-electron chi connectivity index (χ3n) is 3.89. The first kappa shape index (κ1) is 21.0. The van der Waals surface area contributed by atoms with Gasteiger partial charge >= 0.3 is 14.6 Å². The van der Waals surface area contributed by atoms with Crippen LogP contribution in [0, 0.1) is 6.92 Å². The molecule has 1 aromatic carbocycles. The number of hydrogen-bond acceptors (Lipinski definition) is 8. The molecule has 0 spiro atoms. The van der Waals surface area contributed by atoms with Gasteiger partial charge in [-0.05, 0) is 13.0 Å². The molecule has 0 aliphatic rings. The molecule has 1 heterocycles. The standard InChI is InChI=1S/C17H21N2O7P/c1-11-17(23)14(13(6-18-11)10-26-27(24)25)8-19(9-16(21)22)7-12-4-2-3-5-15(12)20/h2-6,20,23-25H,7-10H2,1H3,(H,21,22). The summed E-state index contributed by atoms with van der Waals surface area (Å²) in [6, 6.07) is 6.57. The average molecular weight is 396 g/mol. The van der Waals surface area contributed by atoms with E-state index in [-0.39, 0.29) is 37.7 Å². The van der Waals surface area contributed by atoms with E-state index >= 15 is 0 Å². The van der Waals surface area contributed by atoms with Gasteiger partial charge in [0.05, 0.1) is 18.8 Å². The zero-order valence-electron chi connectivity index (χ0n) is 14.6. The average Bonchev–Trinajstić information content (AvgIpc) is 2.59. The Bertz CT molecular complexity index is 801. The van der Waals surface area contributed by atoms with E-state index in [1.807, 2.05) is 0 Å². The normalized spacial score (nSPS) is 11.3. The lowest BCUT2D eigenvalue weighted by Crippen LogP contribution is -2.29. The number of carbonyl (C=O) groups is 1. The first-order valence-electron chi connectivity index (χ1n) is 7.96. The van der Waals surface area contributed by atoms with Crippen LogP contribution < -0.4 is 0 Å². The van der Waals surface area contributed by atoms with Gasteiger partial charge in [0.2, 0.25) is 0 Å². The van der Waals surface area contributed by atoms with E-state index in [1.54, 1.807) is 25.1 Å². The van der Waals surface area contributed by atoms with Crippen molar-refractivity contribution in [2.45, 2.75) is 26.6 Å². The first-order valence-corrected chi connectivity index (χ1v) is 9.12. The summed E-state index contributed by atoms with van der Waals surface area (Å²) < 4.78 is 4.81. The lowest BCUT2D eigenvalue weighted by Gasteiger charge is -2.23. The first-order chi connectivity index (χ1) is 12.8. The summed E-state index contributed by atoms with van der Waals surface area (Å²) in [7, 11) is -2.58. The molecule has 0 radical (unpaired) electrons. The number of nitrogens with zero attached hydrogens (tertiary/aromatic N) is 2. The minimum atomic E-state index is -2.58. The maximum absolute atomic E-state index is 11.3. The highest BCUT2D eigenvalue weighted by Crippen LogP contribution is 2.31. The summed E-state index contributed by atoms with van der Waals surface area (Å²) in [6.07, 6.45) is 1.43. The van der Waals surface area contributed by atoms with Gasteiger partial charge in [0.1, 0.15) is 11.5 Å². The van der Waals surface area contributed by atoms with Crippen molar-refractivity contribution < 1.29 is 34.4 Å². The lowest BCUT2D eigenvalue weighted by molar-refractivity contribution is -0.138. The van der Waals surface area contributed by atoms with E-state index in [0.717, 1.165) is 0 Å². The van der Waals surface area contributed by atoms with Crippen LogP contribution in [0.1, 0.15) is 22.4 Å². The minimum absolute atomic E-state index is 0.0311. The second-order valence-corrected chi connectivity index (χ2v) is 6.65. The highest BCUT2D eigenvalue weighted by molar-refractivity contribution is 7.39. The predicted octanol–water partition coefficient (Wildman–Crippen LogP) is 1.62. The Morgan fingerprint density at radius 1 is 1.19 bits per heavy atom. The Labute approximate surface area is 157 Å². The summed E-state index contributed by atoms with van der Waals surface area (Å²) in [5.41, 5.74) is 1.66. The molecular formula is C17H21N2O7P. The number of benzene rings is 1.